The predicted octanol–water partition coefficient (Wildman–Crippen LogP) is 3.31. The van der Waals surface area contributed by atoms with Crippen LogP contribution in [0.3, 0.4) is 0 Å². The summed E-state index contributed by atoms with van der Waals surface area (Å²) in [4.78, 5) is 36.0. The summed E-state index contributed by atoms with van der Waals surface area (Å²) in [5.74, 6) is -0.831. The van der Waals surface area contributed by atoms with E-state index in [1.165, 1.54) is 23.9 Å². The topological polar surface area (TPSA) is 101 Å². The third-order valence-corrected chi connectivity index (χ3v) is 4.72. The summed E-state index contributed by atoms with van der Waals surface area (Å²) in [6.45, 7) is 4.25. The fraction of sp³-hybridized carbons (Fsp3) is 0.263. The lowest BCUT2D eigenvalue weighted by atomic mass is 10.2. The molecule has 0 unspecified atom stereocenters. The number of benzene rings is 2. The first-order valence-corrected chi connectivity index (χ1v) is 9.30. The molecule has 0 atom stereocenters. The van der Waals surface area contributed by atoms with Gasteiger partial charge >= 0.3 is 0 Å². The van der Waals surface area contributed by atoms with Crippen LogP contribution in [0.2, 0.25) is 0 Å². The first-order valence-electron chi connectivity index (χ1n) is 8.48. The Morgan fingerprint density at radius 3 is 2.44 bits per heavy atom. The van der Waals surface area contributed by atoms with Crippen LogP contribution >= 0.6 is 11.8 Å². The third-order valence-electron chi connectivity index (χ3n) is 3.65. The summed E-state index contributed by atoms with van der Waals surface area (Å²) in [5.41, 5.74) is 1.09. The Balaban J connectivity index is 2.12. The maximum atomic E-state index is 12.2. The molecule has 2 aromatic carbocycles. The molecule has 2 aromatic rings. The van der Waals surface area contributed by atoms with Crippen LogP contribution in [0, 0.1) is 17.0 Å². The number of hydrogen-bond acceptors (Lipinski definition) is 5. The zero-order valence-corrected chi connectivity index (χ0v) is 16.0. The minimum atomic E-state index is -0.531. The van der Waals surface area contributed by atoms with Crippen molar-refractivity contribution >= 4 is 29.3 Å². The molecule has 0 saturated heterocycles. The number of hydrogen-bond donors (Lipinski definition) is 2. The highest BCUT2D eigenvalue weighted by molar-refractivity contribution is 7.99. The van der Waals surface area contributed by atoms with Gasteiger partial charge in [-0.2, -0.15) is 0 Å². The molecule has 27 heavy (non-hydrogen) atoms. The SMILES string of the molecule is CCCNC(=O)CNC(=O)c1ccc(Sc2ccc(C)cc2)c([N+](=O)[O-])c1. The number of aryl methyl sites for hydroxylation is 1. The molecule has 0 aliphatic carbocycles. The Labute approximate surface area is 161 Å². The van der Waals surface area contributed by atoms with Crippen molar-refractivity contribution in [2.75, 3.05) is 13.1 Å². The molecule has 0 aliphatic rings. The molecule has 2 N–H and O–H groups in total. The van der Waals surface area contributed by atoms with Crippen LogP contribution in [0.1, 0.15) is 29.3 Å². The summed E-state index contributed by atoms with van der Waals surface area (Å²) in [6, 6.07) is 11.9. The first kappa shape index (κ1) is 20.4. The molecule has 0 spiro atoms. The van der Waals surface area contributed by atoms with Crippen molar-refractivity contribution in [1.29, 1.82) is 0 Å². The molecule has 142 valence electrons. The lowest BCUT2D eigenvalue weighted by Crippen LogP contribution is -2.37. The summed E-state index contributed by atoms with van der Waals surface area (Å²) in [6.07, 6.45) is 0.798. The van der Waals surface area contributed by atoms with E-state index < -0.39 is 10.8 Å². The van der Waals surface area contributed by atoms with Crippen LogP contribution in [0.5, 0.6) is 0 Å². The number of amides is 2. The zero-order valence-electron chi connectivity index (χ0n) is 15.2. The van der Waals surface area contributed by atoms with Gasteiger partial charge in [-0.3, -0.25) is 19.7 Å². The second-order valence-corrected chi connectivity index (χ2v) is 7.00. The summed E-state index contributed by atoms with van der Waals surface area (Å²) < 4.78 is 0. The van der Waals surface area contributed by atoms with Crippen molar-refractivity contribution in [3.63, 3.8) is 0 Å². The van der Waals surface area contributed by atoms with E-state index in [4.69, 9.17) is 0 Å². The molecule has 0 heterocycles. The number of nitrogens with zero attached hydrogens (tertiary/aromatic N) is 1. The van der Waals surface area contributed by atoms with Crippen LogP contribution in [-0.4, -0.2) is 29.8 Å². The summed E-state index contributed by atoms with van der Waals surface area (Å²) >= 11 is 1.26. The molecule has 0 aromatic heterocycles. The average molecular weight is 387 g/mol. The molecule has 0 radical (unpaired) electrons. The average Bonchev–Trinajstić information content (AvgIpc) is 2.66. The Morgan fingerprint density at radius 2 is 1.81 bits per heavy atom. The van der Waals surface area contributed by atoms with Gasteiger partial charge in [-0.15, -0.1) is 0 Å². The molecule has 0 bridgehead atoms. The van der Waals surface area contributed by atoms with E-state index in [-0.39, 0.29) is 23.7 Å². The van der Waals surface area contributed by atoms with Crippen LogP contribution in [0.4, 0.5) is 5.69 Å². The van der Waals surface area contributed by atoms with Crippen molar-refractivity contribution in [3.05, 3.63) is 63.7 Å². The van der Waals surface area contributed by atoms with E-state index in [1.807, 2.05) is 38.1 Å². The van der Waals surface area contributed by atoms with Gasteiger partial charge < -0.3 is 10.6 Å². The third kappa shape index (κ3) is 6.10. The van der Waals surface area contributed by atoms with Crippen molar-refractivity contribution in [2.24, 2.45) is 0 Å². The Kier molecular flexibility index (Phi) is 7.36. The van der Waals surface area contributed by atoms with Gasteiger partial charge in [-0.25, -0.2) is 0 Å². The number of nitro benzene ring substituents is 1. The highest BCUT2D eigenvalue weighted by Gasteiger charge is 2.19. The molecule has 2 amide bonds. The zero-order chi connectivity index (χ0) is 19.8. The van der Waals surface area contributed by atoms with Crippen molar-refractivity contribution < 1.29 is 14.5 Å². The number of nitro groups is 1. The van der Waals surface area contributed by atoms with Gasteiger partial charge in [0.1, 0.15) is 0 Å². The van der Waals surface area contributed by atoms with E-state index in [0.717, 1.165) is 16.9 Å². The van der Waals surface area contributed by atoms with Crippen LogP contribution in [-0.2, 0) is 4.79 Å². The largest absolute Gasteiger partial charge is 0.355 e. The lowest BCUT2D eigenvalue weighted by molar-refractivity contribution is -0.387. The van der Waals surface area contributed by atoms with Gasteiger partial charge in [0.15, 0.2) is 0 Å². The minimum absolute atomic E-state index is 0.137. The monoisotopic (exact) mass is 387 g/mol. The van der Waals surface area contributed by atoms with E-state index in [1.54, 1.807) is 6.07 Å². The van der Waals surface area contributed by atoms with Crippen molar-refractivity contribution in [2.45, 2.75) is 30.1 Å². The highest BCUT2D eigenvalue weighted by Crippen LogP contribution is 2.35. The van der Waals surface area contributed by atoms with Gasteiger partial charge in [-0.1, -0.05) is 36.4 Å². The van der Waals surface area contributed by atoms with E-state index >= 15 is 0 Å². The fourth-order valence-corrected chi connectivity index (χ4v) is 3.11. The smallest absolute Gasteiger partial charge is 0.284 e. The van der Waals surface area contributed by atoms with Gasteiger partial charge in [0.2, 0.25) is 5.91 Å². The van der Waals surface area contributed by atoms with Gasteiger partial charge in [0, 0.05) is 23.1 Å². The van der Waals surface area contributed by atoms with Gasteiger partial charge in [-0.05, 0) is 37.6 Å². The standard InChI is InChI=1S/C19H21N3O4S/c1-3-10-20-18(23)12-21-19(24)14-6-9-17(16(11-14)22(25)26)27-15-7-4-13(2)5-8-15/h4-9,11H,3,10,12H2,1-2H3,(H,20,23)(H,21,24). The molecule has 0 aliphatic heterocycles. The molecule has 0 fully saturated rings. The van der Waals surface area contributed by atoms with Crippen LogP contribution in [0.15, 0.2) is 52.3 Å². The van der Waals surface area contributed by atoms with Crippen LogP contribution in [0.25, 0.3) is 0 Å². The highest BCUT2D eigenvalue weighted by atomic mass is 32.2. The van der Waals surface area contributed by atoms with Crippen molar-refractivity contribution in [3.8, 4) is 0 Å². The normalized spacial score (nSPS) is 10.3. The van der Waals surface area contributed by atoms with Crippen molar-refractivity contribution in [1.82, 2.24) is 10.6 Å². The molecule has 2 rings (SSSR count). The number of nitrogens with one attached hydrogen (secondary N) is 2. The first-order chi connectivity index (χ1) is 12.9. The molecular formula is C19H21N3O4S. The van der Waals surface area contributed by atoms with E-state index in [0.29, 0.717) is 11.4 Å². The molecule has 7 nitrogen and oxygen atoms in total. The maximum absolute atomic E-state index is 12.2. The van der Waals surface area contributed by atoms with Gasteiger partial charge in [0.05, 0.1) is 16.4 Å². The Hall–Kier alpha value is -2.87. The van der Waals surface area contributed by atoms with Gasteiger partial charge in [0.25, 0.3) is 11.6 Å². The van der Waals surface area contributed by atoms with Crippen LogP contribution < -0.4 is 10.6 Å². The second-order valence-electron chi connectivity index (χ2n) is 5.89. The number of rotatable bonds is 8. The number of carbonyl (C=O) groups is 2. The summed E-state index contributed by atoms with van der Waals surface area (Å²) in [7, 11) is 0. The van der Waals surface area contributed by atoms with E-state index in [2.05, 4.69) is 10.6 Å². The number of carbonyl (C=O) groups excluding carboxylic acids is 2. The maximum Gasteiger partial charge on any atom is 0.284 e. The molecular weight excluding hydrogens is 366 g/mol. The predicted molar refractivity (Wildman–Crippen MR) is 104 cm³/mol. The Morgan fingerprint density at radius 1 is 1.11 bits per heavy atom. The lowest BCUT2D eigenvalue weighted by Gasteiger charge is -2.08. The second kappa shape index (κ2) is 9.72. The Bertz CT molecular complexity index is 837. The molecule has 8 heteroatoms. The summed E-state index contributed by atoms with van der Waals surface area (Å²) in [5, 5.41) is 16.5. The fourth-order valence-electron chi connectivity index (χ4n) is 2.21. The van der Waals surface area contributed by atoms with E-state index in [9.17, 15) is 19.7 Å². The quantitative estimate of drug-likeness (QED) is 0.534. The minimum Gasteiger partial charge on any atom is -0.355 e. The molecule has 0 saturated carbocycles.